The van der Waals surface area contributed by atoms with Gasteiger partial charge in [0.1, 0.15) is 0 Å². The summed E-state index contributed by atoms with van der Waals surface area (Å²) in [6.07, 6.45) is 2.29. The van der Waals surface area contributed by atoms with Gasteiger partial charge in [0, 0.05) is 13.0 Å². The van der Waals surface area contributed by atoms with E-state index >= 15 is 0 Å². The lowest BCUT2D eigenvalue weighted by atomic mass is 10.1. The number of nitrogens with zero attached hydrogens (tertiary/aromatic N) is 1. The fourth-order valence-corrected chi connectivity index (χ4v) is 2.70. The highest BCUT2D eigenvalue weighted by Gasteiger charge is 2.02. The molecular weight excluding hydrogens is 228 g/mol. The summed E-state index contributed by atoms with van der Waals surface area (Å²) >= 11 is 1.81. The summed E-state index contributed by atoms with van der Waals surface area (Å²) in [4.78, 5) is 4.62. The number of thiazole rings is 1. The van der Waals surface area contributed by atoms with Crippen molar-refractivity contribution in [3.8, 4) is 0 Å². The van der Waals surface area contributed by atoms with Crippen LogP contribution in [0.25, 0.3) is 10.2 Å². The van der Waals surface area contributed by atoms with Crippen molar-refractivity contribution in [2.75, 3.05) is 13.1 Å². The van der Waals surface area contributed by atoms with E-state index in [1.807, 2.05) is 17.4 Å². The summed E-state index contributed by atoms with van der Waals surface area (Å²) in [5, 5.41) is 4.72. The summed E-state index contributed by atoms with van der Waals surface area (Å²) in [5.41, 5.74) is 1.13. The predicted molar refractivity (Wildman–Crippen MR) is 75.6 cm³/mol. The molecule has 1 aromatic carbocycles. The number of hydrogen-bond acceptors (Lipinski definition) is 3. The van der Waals surface area contributed by atoms with Crippen LogP contribution in [0.1, 0.15) is 25.3 Å². The zero-order valence-electron chi connectivity index (χ0n) is 10.6. The molecule has 0 saturated heterocycles. The zero-order chi connectivity index (χ0) is 12.1. The minimum atomic E-state index is 0.782. The second-order valence-electron chi connectivity index (χ2n) is 4.76. The number of para-hydroxylation sites is 1. The Labute approximate surface area is 107 Å². The molecule has 2 rings (SSSR count). The molecule has 0 spiro atoms. The van der Waals surface area contributed by atoms with E-state index < -0.39 is 0 Å². The van der Waals surface area contributed by atoms with Gasteiger partial charge in [-0.25, -0.2) is 4.98 Å². The lowest BCUT2D eigenvalue weighted by Gasteiger charge is -2.05. The van der Waals surface area contributed by atoms with Crippen LogP contribution < -0.4 is 5.32 Å². The summed E-state index contributed by atoms with van der Waals surface area (Å²) < 4.78 is 1.30. The molecule has 92 valence electrons. The molecule has 0 fully saturated rings. The summed E-state index contributed by atoms with van der Waals surface area (Å²) in [7, 11) is 0. The fourth-order valence-electron chi connectivity index (χ4n) is 1.74. The van der Waals surface area contributed by atoms with Crippen molar-refractivity contribution < 1.29 is 0 Å². The standard InChI is InChI=1S/C14H20N2S/c1-11(2)7-9-15-10-8-14-16-12-5-3-4-6-13(12)17-14/h3-6,11,15H,7-10H2,1-2H3. The Morgan fingerprint density at radius 3 is 2.82 bits per heavy atom. The molecular formula is C14H20N2S. The van der Waals surface area contributed by atoms with Gasteiger partial charge in [0.05, 0.1) is 15.2 Å². The highest BCUT2D eigenvalue weighted by molar-refractivity contribution is 7.18. The first-order valence-electron chi connectivity index (χ1n) is 6.31. The van der Waals surface area contributed by atoms with Gasteiger partial charge in [-0.1, -0.05) is 26.0 Å². The topological polar surface area (TPSA) is 24.9 Å². The lowest BCUT2D eigenvalue weighted by Crippen LogP contribution is -2.19. The van der Waals surface area contributed by atoms with Crippen LogP contribution in [0.15, 0.2) is 24.3 Å². The quantitative estimate of drug-likeness (QED) is 0.792. The summed E-state index contributed by atoms with van der Waals surface area (Å²) in [6, 6.07) is 8.35. The van der Waals surface area contributed by atoms with E-state index in [0.29, 0.717) is 0 Å². The zero-order valence-corrected chi connectivity index (χ0v) is 11.4. The Hall–Kier alpha value is -0.930. The third-order valence-electron chi connectivity index (χ3n) is 2.75. The van der Waals surface area contributed by atoms with Crippen molar-refractivity contribution in [1.29, 1.82) is 0 Å². The monoisotopic (exact) mass is 248 g/mol. The average molecular weight is 248 g/mol. The van der Waals surface area contributed by atoms with Crippen LogP contribution in [0.2, 0.25) is 0 Å². The van der Waals surface area contributed by atoms with Gasteiger partial charge in [-0.05, 0) is 31.0 Å². The van der Waals surface area contributed by atoms with Crippen molar-refractivity contribution >= 4 is 21.6 Å². The van der Waals surface area contributed by atoms with Crippen LogP contribution in [0.3, 0.4) is 0 Å². The fraction of sp³-hybridized carbons (Fsp3) is 0.500. The van der Waals surface area contributed by atoms with Crippen molar-refractivity contribution in [2.24, 2.45) is 5.92 Å². The molecule has 0 aliphatic carbocycles. The van der Waals surface area contributed by atoms with Gasteiger partial charge in [-0.2, -0.15) is 0 Å². The summed E-state index contributed by atoms with van der Waals surface area (Å²) in [6.45, 7) is 6.67. The van der Waals surface area contributed by atoms with Crippen molar-refractivity contribution in [2.45, 2.75) is 26.7 Å². The van der Waals surface area contributed by atoms with E-state index in [1.165, 1.54) is 16.1 Å². The number of benzene rings is 1. The molecule has 0 radical (unpaired) electrons. The van der Waals surface area contributed by atoms with E-state index in [0.717, 1.165) is 30.9 Å². The molecule has 1 aromatic heterocycles. The van der Waals surface area contributed by atoms with E-state index in [2.05, 4.69) is 42.3 Å². The van der Waals surface area contributed by atoms with Gasteiger partial charge in [-0.15, -0.1) is 11.3 Å². The van der Waals surface area contributed by atoms with Crippen LogP contribution in [-0.4, -0.2) is 18.1 Å². The van der Waals surface area contributed by atoms with Crippen LogP contribution in [-0.2, 0) is 6.42 Å². The maximum Gasteiger partial charge on any atom is 0.0951 e. The second kappa shape index (κ2) is 6.12. The Bertz CT molecular complexity index is 429. The molecule has 0 aliphatic heterocycles. The van der Waals surface area contributed by atoms with Gasteiger partial charge < -0.3 is 5.32 Å². The predicted octanol–water partition coefficient (Wildman–Crippen LogP) is 3.47. The first-order chi connectivity index (χ1) is 8.25. The number of fused-ring (bicyclic) bond motifs is 1. The Morgan fingerprint density at radius 1 is 1.24 bits per heavy atom. The molecule has 17 heavy (non-hydrogen) atoms. The number of hydrogen-bond donors (Lipinski definition) is 1. The first-order valence-corrected chi connectivity index (χ1v) is 7.12. The van der Waals surface area contributed by atoms with Gasteiger partial charge in [-0.3, -0.25) is 0 Å². The van der Waals surface area contributed by atoms with Crippen LogP contribution in [0.4, 0.5) is 0 Å². The minimum Gasteiger partial charge on any atom is -0.316 e. The third-order valence-corrected chi connectivity index (χ3v) is 3.85. The smallest absolute Gasteiger partial charge is 0.0951 e. The minimum absolute atomic E-state index is 0.782. The molecule has 0 aliphatic rings. The van der Waals surface area contributed by atoms with Gasteiger partial charge in [0.15, 0.2) is 0 Å². The molecule has 3 heteroatoms. The SMILES string of the molecule is CC(C)CCNCCc1nc2ccccc2s1. The van der Waals surface area contributed by atoms with Crippen molar-refractivity contribution in [3.05, 3.63) is 29.3 Å². The Kier molecular flexibility index (Phi) is 4.51. The molecule has 2 aromatic rings. The first kappa shape index (κ1) is 12.5. The van der Waals surface area contributed by atoms with Crippen molar-refractivity contribution in [1.82, 2.24) is 10.3 Å². The van der Waals surface area contributed by atoms with Crippen LogP contribution >= 0.6 is 11.3 Å². The highest BCUT2D eigenvalue weighted by Crippen LogP contribution is 2.21. The molecule has 0 saturated carbocycles. The van der Waals surface area contributed by atoms with Gasteiger partial charge in [0.2, 0.25) is 0 Å². The van der Waals surface area contributed by atoms with E-state index in [1.54, 1.807) is 0 Å². The molecule has 0 atom stereocenters. The maximum absolute atomic E-state index is 4.62. The Morgan fingerprint density at radius 2 is 2.06 bits per heavy atom. The number of nitrogens with one attached hydrogen (secondary N) is 1. The molecule has 0 bridgehead atoms. The van der Waals surface area contributed by atoms with E-state index in [-0.39, 0.29) is 0 Å². The highest BCUT2D eigenvalue weighted by atomic mass is 32.1. The van der Waals surface area contributed by atoms with Crippen LogP contribution in [0.5, 0.6) is 0 Å². The van der Waals surface area contributed by atoms with E-state index in [4.69, 9.17) is 0 Å². The Balaban J connectivity index is 1.79. The lowest BCUT2D eigenvalue weighted by molar-refractivity contribution is 0.539. The van der Waals surface area contributed by atoms with Crippen LogP contribution in [0, 0.1) is 5.92 Å². The van der Waals surface area contributed by atoms with E-state index in [9.17, 15) is 0 Å². The number of rotatable bonds is 6. The molecule has 0 amide bonds. The molecule has 0 unspecified atom stereocenters. The molecule has 1 heterocycles. The van der Waals surface area contributed by atoms with Gasteiger partial charge >= 0.3 is 0 Å². The second-order valence-corrected chi connectivity index (χ2v) is 5.87. The average Bonchev–Trinajstić information content (AvgIpc) is 2.70. The summed E-state index contributed by atoms with van der Waals surface area (Å²) in [5.74, 6) is 0.782. The van der Waals surface area contributed by atoms with Crippen molar-refractivity contribution in [3.63, 3.8) is 0 Å². The molecule has 2 nitrogen and oxygen atoms in total. The number of aromatic nitrogens is 1. The van der Waals surface area contributed by atoms with Gasteiger partial charge in [0.25, 0.3) is 0 Å². The molecule has 1 N–H and O–H groups in total. The largest absolute Gasteiger partial charge is 0.316 e. The maximum atomic E-state index is 4.62. The third kappa shape index (κ3) is 3.79. The normalized spacial score (nSPS) is 11.5.